The zero-order valence-corrected chi connectivity index (χ0v) is 17.1. The maximum absolute atomic E-state index is 6.20. The minimum atomic E-state index is 0.241. The maximum atomic E-state index is 6.20. The van der Waals surface area contributed by atoms with Gasteiger partial charge >= 0.3 is 0 Å². The van der Waals surface area contributed by atoms with Crippen molar-refractivity contribution in [1.29, 1.82) is 0 Å². The van der Waals surface area contributed by atoms with Gasteiger partial charge in [-0.2, -0.15) is 0 Å². The number of rotatable bonds is 6. The van der Waals surface area contributed by atoms with Gasteiger partial charge in [-0.15, -0.1) is 11.3 Å². The molecule has 2 heterocycles. The summed E-state index contributed by atoms with van der Waals surface area (Å²) >= 11 is 1.69. The summed E-state index contributed by atoms with van der Waals surface area (Å²) in [5, 5.41) is 3.11. The van der Waals surface area contributed by atoms with Crippen molar-refractivity contribution in [3.05, 3.63) is 47.0 Å². The zero-order valence-electron chi connectivity index (χ0n) is 16.3. The van der Waals surface area contributed by atoms with Crippen molar-refractivity contribution < 1.29 is 4.74 Å². The van der Waals surface area contributed by atoms with Gasteiger partial charge in [-0.1, -0.05) is 24.3 Å². The van der Waals surface area contributed by atoms with Gasteiger partial charge in [-0.05, 0) is 36.8 Å². The van der Waals surface area contributed by atoms with E-state index >= 15 is 0 Å². The summed E-state index contributed by atoms with van der Waals surface area (Å²) in [7, 11) is 0. The first-order chi connectivity index (χ1) is 13.8. The number of fused-ring (bicyclic) bond motifs is 1. The smallest absolute Gasteiger partial charge is 0.191 e. The summed E-state index contributed by atoms with van der Waals surface area (Å²) in [6.07, 6.45) is 6.50. The van der Waals surface area contributed by atoms with E-state index in [0.717, 1.165) is 50.8 Å². The quantitative estimate of drug-likeness (QED) is 0.459. The lowest BCUT2D eigenvalue weighted by Gasteiger charge is -2.35. The van der Waals surface area contributed by atoms with Gasteiger partial charge in [-0.25, -0.2) is 4.98 Å². The second-order valence-electron chi connectivity index (χ2n) is 7.33. The van der Waals surface area contributed by atoms with E-state index in [2.05, 4.69) is 44.0 Å². The third-order valence-corrected chi connectivity index (χ3v) is 6.34. The Morgan fingerprint density at radius 1 is 1.25 bits per heavy atom. The molecule has 0 radical (unpaired) electrons. The number of ether oxygens (including phenoxy) is 1. The monoisotopic (exact) mass is 399 g/mol. The van der Waals surface area contributed by atoms with E-state index in [1.54, 1.807) is 11.3 Å². The van der Waals surface area contributed by atoms with Crippen LogP contribution >= 0.6 is 11.3 Å². The normalized spacial score (nSPS) is 20.3. The van der Waals surface area contributed by atoms with E-state index in [9.17, 15) is 0 Å². The summed E-state index contributed by atoms with van der Waals surface area (Å²) in [4.78, 5) is 13.4. The van der Waals surface area contributed by atoms with Crippen LogP contribution in [0.5, 0.6) is 0 Å². The summed E-state index contributed by atoms with van der Waals surface area (Å²) in [6.45, 7) is 5.11. The molecule has 1 saturated heterocycles. The van der Waals surface area contributed by atoms with Crippen molar-refractivity contribution in [2.75, 3.05) is 44.2 Å². The summed E-state index contributed by atoms with van der Waals surface area (Å²) < 4.78 is 6.16. The van der Waals surface area contributed by atoms with E-state index in [0.29, 0.717) is 12.5 Å². The molecule has 28 heavy (non-hydrogen) atoms. The Labute approximate surface area is 171 Å². The highest BCUT2D eigenvalue weighted by molar-refractivity contribution is 7.13. The lowest BCUT2D eigenvalue weighted by atomic mass is 9.89. The molecule has 1 aromatic carbocycles. The van der Waals surface area contributed by atoms with Gasteiger partial charge in [-0.3, -0.25) is 4.99 Å². The van der Waals surface area contributed by atoms with E-state index in [1.165, 1.54) is 24.0 Å². The molecular formula is C21H29N5OS. The number of aryl methyl sites for hydroxylation is 1. The lowest BCUT2D eigenvalue weighted by Crippen LogP contribution is -2.51. The van der Waals surface area contributed by atoms with E-state index in [1.807, 2.05) is 11.6 Å². The van der Waals surface area contributed by atoms with Crippen LogP contribution in [0.15, 0.2) is 40.8 Å². The van der Waals surface area contributed by atoms with Gasteiger partial charge in [0.05, 0.1) is 6.10 Å². The maximum Gasteiger partial charge on any atom is 0.191 e. The number of aliphatic imine (C=N–C) groups is 1. The van der Waals surface area contributed by atoms with Crippen molar-refractivity contribution in [3.63, 3.8) is 0 Å². The molecule has 0 saturated carbocycles. The van der Waals surface area contributed by atoms with Gasteiger partial charge in [0.2, 0.25) is 0 Å². The third-order valence-electron chi connectivity index (χ3n) is 5.50. The first-order valence-corrected chi connectivity index (χ1v) is 11.1. The summed E-state index contributed by atoms with van der Waals surface area (Å²) in [5.41, 5.74) is 9.02. The second-order valence-corrected chi connectivity index (χ2v) is 8.21. The number of aromatic nitrogens is 1. The molecule has 1 atom stereocenters. The number of hydrogen-bond donors (Lipinski definition) is 1. The Balaban J connectivity index is 1.18. The Kier molecular flexibility index (Phi) is 6.44. The molecule has 2 aromatic rings. The van der Waals surface area contributed by atoms with Crippen LogP contribution in [0.1, 0.15) is 36.5 Å². The molecule has 1 aliphatic heterocycles. The highest BCUT2D eigenvalue weighted by Gasteiger charge is 2.21. The Hall–Kier alpha value is -2.12. The van der Waals surface area contributed by atoms with Gasteiger partial charge in [0.25, 0.3) is 0 Å². The Morgan fingerprint density at radius 3 is 2.93 bits per heavy atom. The molecule has 0 bridgehead atoms. The summed E-state index contributed by atoms with van der Waals surface area (Å²) in [6, 6.07) is 8.67. The molecule has 0 amide bonds. The van der Waals surface area contributed by atoms with Crippen molar-refractivity contribution in [1.82, 2.24) is 9.88 Å². The fourth-order valence-corrected chi connectivity index (χ4v) is 4.66. The van der Waals surface area contributed by atoms with Gasteiger partial charge < -0.3 is 20.3 Å². The van der Waals surface area contributed by atoms with Crippen molar-refractivity contribution in [2.45, 2.75) is 31.8 Å². The van der Waals surface area contributed by atoms with Crippen molar-refractivity contribution in [3.8, 4) is 0 Å². The molecule has 0 spiro atoms. The van der Waals surface area contributed by atoms with Crippen LogP contribution in [-0.4, -0.2) is 55.2 Å². The largest absolute Gasteiger partial charge is 0.373 e. The Bertz CT molecular complexity index is 771. The average molecular weight is 400 g/mol. The molecule has 6 nitrogen and oxygen atoms in total. The SMILES string of the molecule is NC(=NCCCOC1CCCc2ccccc21)N1CCN(c2nccs2)CC1. The average Bonchev–Trinajstić information content (AvgIpc) is 3.28. The number of nitrogens with zero attached hydrogens (tertiary/aromatic N) is 4. The molecule has 1 unspecified atom stereocenters. The number of benzene rings is 1. The number of anilines is 1. The molecule has 4 rings (SSSR count). The number of thiazole rings is 1. The lowest BCUT2D eigenvalue weighted by molar-refractivity contribution is 0.0402. The van der Waals surface area contributed by atoms with Gasteiger partial charge in [0.1, 0.15) is 0 Å². The van der Waals surface area contributed by atoms with Gasteiger partial charge in [0, 0.05) is 50.9 Å². The summed E-state index contributed by atoms with van der Waals surface area (Å²) in [5.74, 6) is 0.654. The van der Waals surface area contributed by atoms with Crippen LogP contribution in [0.2, 0.25) is 0 Å². The minimum absolute atomic E-state index is 0.241. The number of piperazine rings is 1. The standard InChI is InChI=1S/C21H29N5OS/c22-20(25-11-13-26(14-12-25)21-24-10-16-28-21)23-9-4-15-27-19-8-3-6-17-5-1-2-7-18(17)19/h1-2,5,7,10,16,19H,3-4,6,8-9,11-15H2,(H2,22,23). The zero-order chi connectivity index (χ0) is 19.2. The van der Waals surface area contributed by atoms with Gasteiger partial charge in [0.15, 0.2) is 11.1 Å². The third kappa shape index (κ3) is 4.64. The number of guanidine groups is 1. The predicted octanol–water partition coefficient (Wildman–Crippen LogP) is 3.06. The molecule has 2 aliphatic rings. The number of nitrogens with two attached hydrogens (primary N) is 1. The fourth-order valence-electron chi connectivity index (χ4n) is 3.97. The van der Waals surface area contributed by atoms with Crippen molar-refractivity contribution >= 4 is 22.4 Å². The van der Waals surface area contributed by atoms with E-state index in [-0.39, 0.29) is 6.10 Å². The molecule has 7 heteroatoms. The first kappa shape index (κ1) is 19.2. The number of hydrogen-bond acceptors (Lipinski definition) is 5. The van der Waals surface area contributed by atoms with E-state index < -0.39 is 0 Å². The van der Waals surface area contributed by atoms with Crippen LogP contribution in [0.3, 0.4) is 0 Å². The first-order valence-electron chi connectivity index (χ1n) is 10.2. The Morgan fingerprint density at radius 2 is 2.11 bits per heavy atom. The fraction of sp³-hybridized carbons (Fsp3) is 0.524. The van der Waals surface area contributed by atoms with Crippen LogP contribution in [0.25, 0.3) is 0 Å². The molecule has 1 aromatic heterocycles. The van der Waals surface area contributed by atoms with Crippen molar-refractivity contribution in [2.24, 2.45) is 10.7 Å². The molecule has 1 aliphatic carbocycles. The van der Waals surface area contributed by atoms with Crippen LogP contribution < -0.4 is 10.6 Å². The molecule has 2 N–H and O–H groups in total. The van der Waals surface area contributed by atoms with E-state index in [4.69, 9.17) is 10.5 Å². The molecule has 150 valence electrons. The van der Waals surface area contributed by atoms with Crippen LogP contribution in [-0.2, 0) is 11.2 Å². The second kappa shape index (κ2) is 9.39. The minimum Gasteiger partial charge on any atom is -0.373 e. The molecular weight excluding hydrogens is 370 g/mol. The topological polar surface area (TPSA) is 67.0 Å². The van der Waals surface area contributed by atoms with Crippen LogP contribution in [0.4, 0.5) is 5.13 Å². The molecule has 1 fully saturated rings. The predicted molar refractivity (Wildman–Crippen MR) is 115 cm³/mol. The highest BCUT2D eigenvalue weighted by atomic mass is 32.1. The van der Waals surface area contributed by atoms with Crippen LogP contribution in [0, 0.1) is 0 Å². The highest BCUT2D eigenvalue weighted by Crippen LogP contribution is 2.32.